The van der Waals surface area contributed by atoms with E-state index in [9.17, 15) is 0 Å². The minimum absolute atomic E-state index is 0.637. The molecule has 5 heteroatoms. The molecule has 0 bridgehead atoms. The van der Waals surface area contributed by atoms with Gasteiger partial charge >= 0.3 is 0 Å². The van der Waals surface area contributed by atoms with Gasteiger partial charge in [0, 0.05) is 53.3 Å². The van der Waals surface area contributed by atoms with E-state index in [-0.39, 0.29) is 0 Å². The van der Waals surface area contributed by atoms with Gasteiger partial charge in [-0.2, -0.15) is 0 Å². The Morgan fingerprint density at radius 1 is 0.380 bits per heavy atom. The molecule has 0 fully saturated rings. The lowest BCUT2D eigenvalue weighted by atomic mass is 10.0. The third-order valence-corrected chi connectivity index (χ3v) is 10.6. The van der Waals surface area contributed by atoms with Crippen LogP contribution in [0.2, 0.25) is 0 Å². The Morgan fingerprint density at radius 3 is 1.74 bits per heavy atom. The first-order valence-corrected chi connectivity index (χ1v) is 17.5. The van der Waals surface area contributed by atoms with E-state index in [1.165, 1.54) is 36.7 Å². The summed E-state index contributed by atoms with van der Waals surface area (Å²) in [6.45, 7) is 0. The van der Waals surface area contributed by atoms with Crippen LogP contribution < -0.4 is 0 Å². The topological polar surface area (TPSA) is 43.6 Å². The first-order chi connectivity index (χ1) is 24.8. The number of benzene rings is 7. The highest BCUT2D eigenvalue weighted by Gasteiger charge is 2.20. The minimum atomic E-state index is 0.637. The zero-order valence-electron chi connectivity index (χ0n) is 26.9. The van der Waals surface area contributed by atoms with Crippen molar-refractivity contribution in [3.8, 4) is 51.0 Å². The van der Waals surface area contributed by atoms with E-state index in [4.69, 9.17) is 15.0 Å². The number of para-hydroxylation sites is 2. The Bertz CT molecular complexity index is 2810. The van der Waals surface area contributed by atoms with E-state index in [1.54, 1.807) is 0 Å². The fraction of sp³-hybridized carbons (Fsp3) is 0. The zero-order valence-corrected chi connectivity index (χ0v) is 27.7. The van der Waals surface area contributed by atoms with Gasteiger partial charge in [-0.1, -0.05) is 127 Å². The summed E-state index contributed by atoms with van der Waals surface area (Å²) in [5, 5.41) is 4.93. The summed E-state index contributed by atoms with van der Waals surface area (Å²) in [4.78, 5) is 15.2. The Morgan fingerprint density at radius 2 is 0.960 bits per heavy atom. The zero-order chi connectivity index (χ0) is 33.0. The van der Waals surface area contributed by atoms with Gasteiger partial charge in [-0.05, 0) is 53.6 Å². The molecule has 234 valence electrons. The van der Waals surface area contributed by atoms with Gasteiger partial charge < -0.3 is 4.57 Å². The number of nitrogens with zero attached hydrogens (tertiary/aromatic N) is 4. The second-order valence-electron chi connectivity index (χ2n) is 12.5. The molecular weight excluding hydrogens is 629 g/mol. The molecule has 10 aromatic rings. The van der Waals surface area contributed by atoms with Gasteiger partial charge in [0.1, 0.15) is 0 Å². The molecule has 0 saturated heterocycles. The van der Waals surface area contributed by atoms with Crippen LogP contribution in [0.25, 0.3) is 93.0 Å². The van der Waals surface area contributed by atoms with Crippen LogP contribution in [0.1, 0.15) is 0 Å². The van der Waals surface area contributed by atoms with Crippen molar-refractivity contribution in [2.45, 2.75) is 0 Å². The normalized spacial score (nSPS) is 11.6. The molecule has 0 aliphatic heterocycles. The molecule has 4 nitrogen and oxygen atoms in total. The molecule has 0 spiro atoms. The van der Waals surface area contributed by atoms with E-state index < -0.39 is 0 Å². The van der Waals surface area contributed by atoms with Crippen LogP contribution in [-0.2, 0) is 0 Å². The summed E-state index contributed by atoms with van der Waals surface area (Å²) in [7, 11) is 0. The molecule has 0 radical (unpaired) electrons. The van der Waals surface area contributed by atoms with Crippen molar-refractivity contribution >= 4 is 53.3 Å². The number of thiophene rings is 1. The SMILES string of the molecule is c1ccc(-c2nc(-c3ccccc3)nc(-c3cccc4c5ccccc5n(-c5cccc(-c6ccc7sc8ccccc8c7c6)c5)c34)n2)cc1. The van der Waals surface area contributed by atoms with Crippen LogP contribution in [0.4, 0.5) is 0 Å². The Balaban J connectivity index is 1.21. The quantitative estimate of drug-likeness (QED) is 0.185. The van der Waals surface area contributed by atoms with Gasteiger partial charge in [-0.3, -0.25) is 0 Å². The number of aromatic nitrogens is 4. The predicted octanol–water partition coefficient (Wildman–Crippen LogP) is 12.0. The highest BCUT2D eigenvalue weighted by Crippen LogP contribution is 2.40. The highest BCUT2D eigenvalue weighted by atomic mass is 32.1. The molecule has 50 heavy (non-hydrogen) atoms. The summed E-state index contributed by atoms with van der Waals surface area (Å²) in [5.74, 6) is 1.93. The molecule has 7 aromatic carbocycles. The Kier molecular flexibility index (Phi) is 6.64. The lowest BCUT2D eigenvalue weighted by molar-refractivity contribution is 1.07. The fourth-order valence-corrected chi connectivity index (χ4v) is 8.21. The molecular formula is C45H28N4S. The van der Waals surface area contributed by atoms with Gasteiger partial charge in [-0.25, -0.2) is 15.0 Å². The number of hydrogen-bond donors (Lipinski definition) is 0. The summed E-state index contributed by atoms with van der Waals surface area (Å²) in [5.41, 5.74) is 8.49. The van der Waals surface area contributed by atoms with Crippen LogP contribution in [0.15, 0.2) is 170 Å². The van der Waals surface area contributed by atoms with E-state index in [1.807, 2.05) is 72.0 Å². The Hall–Kier alpha value is -6.43. The lowest BCUT2D eigenvalue weighted by Gasteiger charge is -2.14. The molecule has 0 aliphatic rings. The fourth-order valence-electron chi connectivity index (χ4n) is 7.13. The predicted molar refractivity (Wildman–Crippen MR) is 209 cm³/mol. The minimum Gasteiger partial charge on any atom is -0.308 e. The lowest BCUT2D eigenvalue weighted by Crippen LogP contribution is -2.02. The van der Waals surface area contributed by atoms with E-state index in [0.717, 1.165) is 38.8 Å². The average molecular weight is 657 g/mol. The van der Waals surface area contributed by atoms with Crippen LogP contribution in [0, 0.1) is 0 Å². The number of fused-ring (bicyclic) bond motifs is 6. The molecule has 0 atom stereocenters. The summed E-state index contributed by atoms with van der Waals surface area (Å²) < 4.78 is 4.99. The maximum absolute atomic E-state index is 5.13. The molecule has 3 heterocycles. The first-order valence-electron chi connectivity index (χ1n) is 16.7. The van der Waals surface area contributed by atoms with Crippen molar-refractivity contribution in [2.24, 2.45) is 0 Å². The second-order valence-corrected chi connectivity index (χ2v) is 13.5. The van der Waals surface area contributed by atoms with Crippen molar-refractivity contribution in [3.63, 3.8) is 0 Å². The van der Waals surface area contributed by atoms with Gasteiger partial charge in [0.05, 0.1) is 11.0 Å². The first kappa shape index (κ1) is 28.6. The standard InChI is InChI=1S/C45H28N4S/c1-3-13-29(14-4-1)43-46-44(30-15-5-2-6-16-30)48-45(47-43)37-22-12-21-36-34-19-7-9-23-39(34)49(42(36)37)33-18-11-17-31(27-33)32-25-26-41-38(28-32)35-20-8-10-24-40(35)50-41/h1-28H. The van der Waals surface area contributed by atoms with Gasteiger partial charge in [0.25, 0.3) is 0 Å². The van der Waals surface area contributed by atoms with Crippen LogP contribution >= 0.6 is 11.3 Å². The van der Waals surface area contributed by atoms with Crippen LogP contribution in [0.5, 0.6) is 0 Å². The monoisotopic (exact) mass is 656 g/mol. The van der Waals surface area contributed by atoms with Crippen LogP contribution in [-0.4, -0.2) is 19.5 Å². The van der Waals surface area contributed by atoms with E-state index >= 15 is 0 Å². The van der Waals surface area contributed by atoms with Crippen molar-refractivity contribution in [3.05, 3.63) is 170 Å². The van der Waals surface area contributed by atoms with Crippen molar-refractivity contribution in [2.75, 3.05) is 0 Å². The Labute approximate surface area is 292 Å². The smallest absolute Gasteiger partial charge is 0.166 e. The van der Waals surface area contributed by atoms with Gasteiger partial charge in [0.2, 0.25) is 0 Å². The number of rotatable bonds is 5. The van der Waals surface area contributed by atoms with E-state index in [0.29, 0.717) is 17.5 Å². The maximum atomic E-state index is 5.13. The largest absolute Gasteiger partial charge is 0.308 e. The highest BCUT2D eigenvalue weighted by molar-refractivity contribution is 7.25. The third-order valence-electron chi connectivity index (χ3n) is 9.45. The molecule has 3 aromatic heterocycles. The van der Waals surface area contributed by atoms with Crippen molar-refractivity contribution < 1.29 is 0 Å². The van der Waals surface area contributed by atoms with Gasteiger partial charge in [0.15, 0.2) is 17.5 Å². The van der Waals surface area contributed by atoms with Crippen LogP contribution in [0.3, 0.4) is 0 Å². The van der Waals surface area contributed by atoms with E-state index in [2.05, 4.69) is 114 Å². The summed E-state index contributed by atoms with van der Waals surface area (Å²) >= 11 is 1.85. The molecule has 0 saturated carbocycles. The molecule has 0 unspecified atom stereocenters. The summed E-state index contributed by atoms with van der Waals surface area (Å²) in [6.07, 6.45) is 0. The van der Waals surface area contributed by atoms with Crippen molar-refractivity contribution in [1.29, 1.82) is 0 Å². The van der Waals surface area contributed by atoms with Gasteiger partial charge in [-0.15, -0.1) is 11.3 Å². The molecule has 0 amide bonds. The molecule has 10 rings (SSSR count). The molecule has 0 aliphatic carbocycles. The third kappa shape index (κ3) is 4.71. The van der Waals surface area contributed by atoms with Crippen molar-refractivity contribution in [1.82, 2.24) is 19.5 Å². The average Bonchev–Trinajstić information content (AvgIpc) is 3.74. The molecule has 0 N–H and O–H groups in total. The number of hydrogen-bond acceptors (Lipinski definition) is 4. The maximum Gasteiger partial charge on any atom is 0.166 e. The second kappa shape index (κ2) is 11.6. The summed E-state index contributed by atoms with van der Waals surface area (Å²) in [6, 6.07) is 59.8.